The number of thioether (sulfide) groups is 1. The second-order valence-electron chi connectivity index (χ2n) is 4.59. The highest BCUT2D eigenvalue weighted by Crippen LogP contribution is 2.22. The van der Waals surface area contributed by atoms with Crippen molar-refractivity contribution in [3.05, 3.63) is 42.5 Å². The molecule has 2 N–H and O–H groups in total. The topological polar surface area (TPSA) is 64.2 Å². The predicted octanol–water partition coefficient (Wildman–Crippen LogP) is 1.41. The number of carbonyl (C=O) groups is 1. The van der Waals surface area contributed by atoms with Crippen molar-refractivity contribution >= 4 is 23.4 Å². The van der Waals surface area contributed by atoms with Crippen LogP contribution in [0.1, 0.15) is 5.69 Å². The molecule has 1 saturated heterocycles. The van der Waals surface area contributed by atoms with E-state index >= 15 is 0 Å². The lowest BCUT2D eigenvalue weighted by Crippen LogP contribution is -2.38. The molecule has 2 heterocycles. The van der Waals surface area contributed by atoms with Crippen LogP contribution in [0.25, 0.3) is 5.69 Å². The van der Waals surface area contributed by atoms with Crippen molar-refractivity contribution in [3.63, 3.8) is 0 Å². The maximum atomic E-state index is 11.9. The van der Waals surface area contributed by atoms with Gasteiger partial charge in [0.1, 0.15) is 0 Å². The normalized spacial score (nSPS) is 15.7. The summed E-state index contributed by atoms with van der Waals surface area (Å²) in [6.45, 7) is 1.22. The van der Waals surface area contributed by atoms with Crippen LogP contribution in [0.4, 0.5) is 5.69 Å². The Labute approximate surface area is 121 Å². The third-order valence-electron chi connectivity index (χ3n) is 3.29. The molecule has 1 aliphatic heterocycles. The van der Waals surface area contributed by atoms with Crippen molar-refractivity contribution in [1.29, 1.82) is 0 Å². The SMILES string of the molecule is NCc1cn(-c2ccc(N3CCSCC3=O)cc2)cn1. The molecule has 0 saturated carbocycles. The average Bonchev–Trinajstić information content (AvgIpc) is 2.97. The number of carbonyl (C=O) groups excluding carboxylic acids is 1. The van der Waals surface area contributed by atoms with Crippen molar-refractivity contribution < 1.29 is 4.79 Å². The Kier molecular flexibility index (Phi) is 3.75. The van der Waals surface area contributed by atoms with Gasteiger partial charge >= 0.3 is 0 Å². The minimum atomic E-state index is 0.182. The molecule has 0 spiro atoms. The third-order valence-corrected chi connectivity index (χ3v) is 4.21. The fraction of sp³-hybridized carbons (Fsp3) is 0.286. The summed E-state index contributed by atoms with van der Waals surface area (Å²) in [7, 11) is 0. The zero-order valence-electron chi connectivity index (χ0n) is 11.0. The molecule has 6 heteroatoms. The van der Waals surface area contributed by atoms with E-state index in [1.807, 2.05) is 39.9 Å². The first kappa shape index (κ1) is 13.2. The van der Waals surface area contributed by atoms with Crippen molar-refractivity contribution in [2.45, 2.75) is 6.54 Å². The van der Waals surface area contributed by atoms with Gasteiger partial charge in [-0.25, -0.2) is 4.98 Å². The molecular formula is C14H16N4OS. The monoisotopic (exact) mass is 288 g/mol. The van der Waals surface area contributed by atoms with Crippen molar-refractivity contribution in [3.8, 4) is 5.69 Å². The summed E-state index contributed by atoms with van der Waals surface area (Å²) in [6, 6.07) is 7.94. The van der Waals surface area contributed by atoms with Crippen LogP contribution in [-0.4, -0.2) is 33.5 Å². The van der Waals surface area contributed by atoms with Crippen LogP contribution >= 0.6 is 11.8 Å². The summed E-state index contributed by atoms with van der Waals surface area (Å²) in [6.07, 6.45) is 3.66. The van der Waals surface area contributed by atoms with E-state index in [4.69, 9.17) is 5.73 Å². The van der Waals surface area contributed by atoms with Crippen LogP contribution in [0.15, 0.2) is 36.8 Å². The van der Waals surface area contributed by atoms with Crippen LogP contribution in [0, 0.1) is 0 Å². The fourth-order valence-corrected chi connectivity index (χ4v) is 2.99. The molecule has 1 aliphatic rings. The highest BCUT2D eigenvalue weighted by atomic mass is 32.2. The van der Waals surface area contributed by atoms with E-state index in [1.54, 1.807) is 18.1 Å². The van der Waals surface area contributed by atoms with Crippen molar-refractivity contribution in [1.82, 2.24) is 9.55 Å². The molecule has 0 bridgehead atoms. The molecule has 1 aromatic heterocycles. The second-order valence-corrected chi connectivity index (χ2v) is 5.70. The summed E-state index contributed by atoms with van der Waals surface area (Å²) >= 11 is 1.69. The molecule has 0 radical (unpaired) electrons. The smallest absolute Gasteiger partial charge is 0.237 e. The molecule has 2 aromatic rings. The Morgan fingerprint density at radius 1 is 1.25 bits per heavy atom. The molecule has 1 aromatic carbocycles. The number of aromatic nitrogens is 2. The molecule has 0 aliphatic carbocycles. The fourth-order valence-electron chi connectivity index (χ4n) is 2.21. The number of hydrogen-bond donors (Lipinski definition) is 1. The number of nitrogens with two attached hydrogens (primary N) is 1. The van der Waals surface area contributed by atoms with Gasteiger partial charge in [0.15, 0.2) is 0 Å². The first-order valence-corrected chi connectivity index (χ1v) is 7.65. The molecular weight excluding hydrogens is 272 g/mol. The minimum Gasteiger partial charge on any atom is -0.325 e. The molecule has 3 rings (SSSR count). The van der Waals surface area contributed by atoms with Gasteiger partial charge in [-0.15, -0.1) is 0 Å². The van der Waals surface area contributed by atoms with Crippen LogP contribution in [0.3, 0.4) is 0 Å². The minimum absolute atomic E-state index is 0.182. The first-order valence-electron chi connectivity index (χ1n) is 6.49. The van der Waals surface area contributed by atoms with Gasteiger partial charge in [0.25, 0.3) is 0 Å². The zero-order valence-corrected chi connectivity index (χ0v) is 11.8. The maximum Gasteiger partial charge on any atom is 0.237 e. The van der Waals surface area contributed by atoms with Gasteiger partial charge in [-0.05, 0) is 24.3 Å². The first-order chi connectivity index (χ1) is 9.78. The van der Waals surface area contributed by atoms with Gasteiger partial charge in [-0.2, -0.15) is 11.8 Å². The van der Waals surface area contributed by atoms with Crippen LogP contribution in [0.5, 0.6) is 0 Å². The number of nitrogens with zero attached hydrogens (tertiary/aromatic N) is 3. The quantitative estimate of drug-likeness (QED) is 0.927. The van der Waals surface area contributed by atoms with E-state index in [0.29, 0.717) is 12.3 Å². The lowest BCUT2D eigenvalue weighted by atomic mass is 10.2. The van der Waals surface area contributed by atoms with Gasteiger partial charge in [0.05, 0.1) is 17.8 Å². The molecule has 104 valence electrons. The van der Waals surface area contributed by atoms with Gasteiger partial charge in [-0.3, -0.25) is 4.79 Å². The molecule has 20 heavy (non-hydrogen) atoms. The van der Waals surface area contributed by atoms with E-state index in [2.05, 4.69) is 4.98 Å². The number of imidazole rings is 1. The standard InChI is InChI=1S/C14H16N4OS/c15-7-11-8-17(10-16-11)12-1-3-13(4-2-12)18-5-6-20-9-14(18)19/h1-4,8,10H,5-7,9,15H2. The predicted molar refractivity (Wildman–Crippen MR) is 81.1 cm³/mol. The van der Waals surface area contributed by atoms with Crippen LogP contribution < -0.4 is 10.6 Å². The van der Waals surface area contributed by atoms with E-state index < -0.39 is 0 Å². The van der Waals surface area contributed by atoms with E-state index in [9.17, 15) is 4.79 Å². The van der Waals surface area contributed by atoms with Gasteiger partial charge < -0.3 is 15.2 Å². The summed E-state index contributed by atoms with van der Waals surface area (Å²) in [5.41, 5.74) is 8.39. The zero-order chi connectivity index (χ0) is 13.9. The van der Waals surface area contributed by atoms with Gasteiger partial charge in [0, 0.05) is 36.4 Å². The Hall–Kier alpha value is -1.79. The number of amides is 1. The average molecular weight is 288 g/mol. The lowest BCUT2D eigenvalue weighted by molar-refractivity contribution is -0.116. The highest BCUT2D eigenvalue weighted by molar-refractivity contribution is 8.00. The largest absolute Gasteiger partial charge is 0.325 e. The number of hydrogen-bond acceptors (Lipinski definition) is 4. The van der Waals surface area contributed by atoms with Gasteiger partial charge in [0.2, 0.25) is 5.91 Å². The van der Waals surface area contributed by atoms with E-state index in [0.717, 1.165) is 29.4 Å². The number of benzene rings is 1. The van der Waals surface area contributed by atoms with Crippen molar-refractivity contribution in [2.24, 2.45) is 5.73 Å². The Morgan fingerprint density at radius 3 is 2.65 bits per heavy atom. The molecule has 5 nitrogen and oxygen atoms in total. The summed E-state index contributed by atoms with van der Waals surface area (Å²) in [5.74, 6) is 1.75. The van der Waals surface area contributed by atoms with E-state index in [1.165, 1.54) is 0 Å². The molecule has 1 amide bonds. The molecule has 1 fully saturated rings. The summed E-state index contributed by atoms with van der Waals surface area (Å²) < 4.78 is 1.93. The third kappa shape index (κ3) is 2.57. The highest BCUT2D eigenvalue weighted by Gasteiger charge is 2.19. The summed E-state index contributed by atoms with van der Waals surface area (Å²) in [4.78, 5) is 17.9. The Bertz CT molecular complexity index is 608. The number of anilines is 1. The van der Waals surface area contributed by atoms with Crippen LogP contribution in [-0.2, 0) is 11.3 Å². The maximum absolute atomic E-state index is 11.9. The van der Waals surface area contributed by atoms with Gasteiger partial charge in [-0.1, -0.05) is 0 Å². The molecule has 0 unspecified atom stereocenters. The lowest BCUT2D eigenvalue weighted by Gasteiger charge is -2.26. The van der Waals surface area contributed by atoms with Crippen LogP contribution in [0.2, 0.25) is 0 Å². The Morgan fingerprint density at radius 2 is 2.00 bits per heavy atom. The number of rotatable bonds is 3. The Balaban J connectivity index is 1.82. The summed E-state index contributed by atoms with van der Waals surface area (Å²) in [5, 5.41) is 0. The second kappa shape index (κ2) is 5.68. The van der Waals surface area contributed by atoms with Crippen molar-refractivity contribution in [2.75, 3.05) is 23.0 Å². The van der Waals surface area contributed by atoms with E-state index in [-0.39, 0.29) is 5.91 Å². The molecule has 0 atom stereocenters.